The van der Waals surface area contributed by atoms with E-state index in [1.165, 1.54) is 22.3 Å². The minimum absolute atomic E-state index is 0.0265. The van der Waals surface area contributed by atoms with Crippen LogP contribution in [0.1, 0.15) is 68.4 Å². The third-order valence-corrected chi connectivity index (χ3v) is 6.61. The van der Waals surface area contributed by atoms with Crippen LogP contribution in [0.5, 0.6) is 0 Å². The average Bonchev–Trinajstić information content (AvgIpc) is 2.82. The van der Waals surface area contributed by atoms with E-state index in [4.69, 9.17) is 17.2 Å². The molecule has 1 unspecified atom stereocenters. The molecule has 2 aromatic rings. The van der Waals surface area contributed by atoms with Gasteiger partial charge in [-0.05, 0) is 76.6 Å². The van der Waals surface area contributed by atoms with Crippen molar-refractivity contribution in [3.05, 3.63) is 52.1 Å². The molecule has 2 aromatic carbocycles. The van der Waals surface area contributed by atoms with Crippen molar-refractivity contribution in [2.24, 2.45) is 0 Å². The summed E-state index contributed by atoms with van der Waals surface area (Å²) < 4.78 is 0. The van der Waals surface area contributed by atoms with Crippen molar-refractivity contribution < 1.29 is 0 Å². The fourth-order valence-corrected chi connectivity index (χ4v) is 5.56. The van der Waals surface area contributed by atoms with E-state index in [1.54, 1.807) is 0 Å². The first-order valence-corrected chi connectivity index (χ1v) is 9.09. The van der Waals surface area contributed by atoms with Gasteiger partial charge in [0.2, 0.25) is 0 Å². The molecule has 0 aromatic heterocycles. The second-order valence-corrected chi connectivity index (χ2v) is 9.48. The van der Waals surface area contributed by atoms with E-state index in [9.17, 15) is 0 Å². The first-order valence-electron chi connectivity index (χ1n) is 9.09. The van der Waals surface area contributed by atoms with Crippen LogP contribution in [-0.4, -0.2) is 0 Å². The van der Waals surface area contributed by atoms with Crippen molar-refractivity contribution in [3.63, 3.8) is 0 Å². The van der Waals surface area contributed by atoms with Gasteiger partial charge in [0.25, 0.3) is 0 Å². The fraction of sp³-hybridized carbons (Fsp3) is 0.455. The number of anilines is 3. The van der Waals surface area contributed by atoms with E-state index in [2.05, 4.69) is 58.9 Å². The topological polar surface area (TPSA) is 78.1 Å². The van der Waals surface area contributed by atoms with Gasteiger partial charge in [0.15, 0.2) is 0 Å². The maximum absolute atomic E-state index is 6.33. The van der Waals surface area contributed by atoms with Gasteiger partial charge in [-0.1, -0.05) is 33.8 Å². The first kappa shape index (κ1) is 16.3. The van der Waals surface area contributed by atoms with Gasteiger partial charge in [0, 0.05) is 11.1 Å². The molecule has 0 bridgehead atoms. The summed E-state index contributed by atoms with van der Waals surface area (Å²) in [6.07, 6.45) is 2.15. The quantitative estimate of drug-likeness (QED) is 0.625. The predicted octanol–water partition coefficient (Wildman–Crippen LogP) is 4.39. The third kappa shape index (κ3) is 1.98. The monoisotopic (exact) mass is 335 g/mol. The lowest BCUT2D eigenvalue weighted by Gasteiger charge is -2.30. The highest BCUT2D eigenvalue weighted by molar-refractivity contribution is 5.72. The molecule has 0 heterocycles. The number of fused-ring (bicyclic) bond motifs is 4. The lowest BCUT2D eigenvalue weighted by atomic mass is 9.72. The lowest BCUT2D eigenvalue weighted by Crippen LogP contribution is -2.27. The van der Waals surface area contributed by atoms with Gasteiger partial charge in [-0.3, -0.25) is 0 Å². The Morgan fingerprint density at radius 2 is 1.04 bits per heavy atom. The number of hydrogen-bond acceptors (Lipinski definition) is 3. The van der Waals surface area contributed by atoms with E-state index >= 15 is 0 Å². The molecule has 0 aliphatic heterocycles. The summed E-state index contributed by atoms with van der Waals surface area (Å²) >= 11 is 0. The van der Waals surface area contributed by atoms with Crippen molar-refractivity contribution in [2.45, 2.75) is 63.7 Å². The Balaban J connectivity index is 2.07. The summed E-state index contributed by atoms with van der Waals surface area (Å²) in [7, 11) is 0. The van der Waals surface area contributed by atoms with Crippen LogP contribution in [-0.2, 0) is 16.2 Å². The fourth-order valence-electron chi connectivity index (χ4n) is 5.56. The molecule has 1 atom stereocenters. The van der Waals surface area contributed by atoms with Gasteiger partial charge in [0.05, 0.1) is 11.4 Å². The summed E-state index contributed by atoms with van der Waals surface area (Å²) in [4.78, 5) is 0. The second-order valence-electron chi connectivity index (χ2n) is 9.48. The standard InChI is InChI=1S/C22H29N3/c1-12-6-13-15(8-17(12)23)22(10-20(13,2)3)11-21(4,5)14-7-18(24)19(25)9-16(14)22/h6-9H,10-11,23-25H2,1-5H3. The predicted molar refractivity (Wildman–Crippen MR) is 107 cm³/mol. The zero-order valence-corrected chi connectivity index (χ0v) is 16.0. The Morgan fingerprint density at radius 3 is 1.56 bits per heavy atom. The molecule has 0 saturated heterocycles. The molecule has 0 saturated carbocycles. The van der Waals surface area contributed by atoms with Gasteiger partial charge in [-0.2, -0.15) is 0 Å². The van der Waals surface area contributed by atoms with Gasteiger partial charge >= 0.3 is 0 Å². The highest BCUT2D eigenvalue weighted by Gasteiger charge is 2.56. The van der Waals surface area contributed by atoms with Crippen LogP contribution < -0.4 is 17.2 Å². The molecule has 3 heteroatoms. The van der Waals surface area contributed by atoms with E-state index < -0.39 is 0 Å². The molecule has 0 radical (unpaired) electrons. The van der Waals surface area contributed by atoms with Crippen LogP contribution in [0, 0.1) is 6.92 Å². The molecular formula is C22H29N3. The Kier molecular flexibility index (Phi) is 2.95. The lowest BCUT2D eigenvalue weighted by molar-refractivity contribution is 0.350. The summed E-state index contributed by atoms with van der Waals surface area (Å²) in [6.45, 7) is 11.4. The van der Waals surface area contributed by atoms with Crippen molar-refractivity contribution in [3.8, 4) is 0 Å². The summed E-state index contributed by atoms with van der Waals surface area (Å²) in [5.74, 6) is 0. The van der Waals surface area contributed by atoms with E-state index in [0.29, 0.717) is 11.4 Å². The SMILES string of the molecule is Cc1cc2c(cc1N)C1(CC2(C)C)CC(C)(C)c2cc(N)c(N)cc21. The molecule has 3 nitrogen and oxygen atoms in total. The molecule has 132 valence electrons. The van der Waals surface area contributed by atoms with Gasteiger partial charge in [0.1, 0.15) is 0 Å². The summed E-state index contributed by atoms with van der Waals surface area (Å²) in [6, 6.07) is 8.74. The molecule has 0 amide bonds. The number of rotatable bonds is 0. The van der Waals surface area contributed by atoms with Crippen molar-refractivity contribution >= 4 is 17.1 Å². The average molecular weight is 335 g/mol. The van der Waals surface area contributed by atoms with Crippen LogP contribution >= 0.6 is 0 Å². The number of aryl methyl sites for hydroxylation is 1. The van der Waals surface area contributed by atoms with Crippen LogP contribution in [0.15, 0.2) is 24.3 Å². The van der Waals surface area contributed by atoms with E-state index in [1.807, 2.05) is 0 Å². The van der Waals surface area contributed by atoms with Gasteiger partial charge in [-0.25, -0.2) is 0 Å². The Labute approximate surface area is 150 Å². The third-order valence-electron chi connectivity index (χ3n) is 6.61. The van der Waals surface area contributed by atoms with E-state index in [0.717, 1.165) is 24.1 Å². The Hall–Kier alpha value is -2.16. The number of nitrogen functional groups attached to an aromatic ring is 3. The summed E-state index contributed by atoms with van der Waals surface area (Å²) in [5.41, 5.74) is 27.8. The zero-order chi connectivity index (χ0) is 18.4. The second kappa shape index (κ2) is 4.51. The van der Waals surface area contributed by atoms with Crippen LogP contribution in [0.4, 0.5) is 17.1 Å². The van der Waals surface area contributed by atoms with Crippen LogP contribution in [0.25, 0.3) is 0 Å². The Morgan fingerprint density at radius 1 is 0.640 bits per heavy atom. The molecule has 4 rings (SSSR count). The Bertz CT molecular complexity index is 830. The first-order chi connectivity index (χ1) is 11.5. The smallest absolute Gasteiger partial charge is 0.0551 e. The minimum Gasteiger partial charge on any atom is -0.399 e. The largest absolute Gasteiger partial charge is 0.399 e. The highest BCUT2D eigenvalue weighted by atomic mass is 14.7. The molecule has 25 heavy (non-hydrogen) atoms. The minimum atomic E-state index is -0.0265. The summed E-state index contributed by atoms with van der Waals surface area (Å²) in [5, 5.41) is 0. The van der Waals surface area contributed by atoms with Crippen molar-refractivity contribution in [1.29, 1.82) is 0 Å². The molecular weight excluding hydrogens is 306 g/mol. The highest BCUT2D eigenvalue weighted by Crippen LogP contribution is 2.63. The van der Waals surface area contributed by atoms with Crippen molar-refractivity contribution in [1.82, 2.24) is 0 Å². The normalized spacial score (nSPS) is 25.2. The van der Waals surface area contributed by atoms with Gasteiger partial charge in [-0.15, -0.1) is 0 Å². The molecule has 2 aliphatic rings. The number of benzene rings is 2. The number of nitrogens with two attached hydrogens (primary N) is 3. The zero-order valence-electron chi connectivity index (χ0n) is 16.0. The van der Waals surface area contributed by atoms with Crippen LogP contribution in [0.2, 0.25) is 0 Å². The van der Waals surface area contributed by atoms with Crippen LogP contribution in [0.3, 0.4) is 0 Å². The molecule has 0 fully saturated rings. The number of hydrogen-bond donors (Lipinski definition) is 3. The van der Waals surface area contributed by atoms with Crippen molar-refractivity contribution in [2.75, 3.05) is 17.2 Å². The van der Waals surface area contributed by atoms with E-state index in [-0.39, 0.29) is 16.2 Å². The molecule has 2 aliphatic carbocycles. The van der Waals surface area contributed by atoms with Gasteiger partial charge < -0.3 is 17.2 Å². The molecule has 1 spiro atoms. The molecule has 6 N–H and O–H groups in total. The maximum Gasteiger partial charge on any atom is 0.0551 e. The maximum atomic E-state index is 6.33.